The van der Waals surface area contributed by atoms with Gasteiger partial charge >= 0.3 is 5.69 Å². The van der Waals surface area contributed by atoms with Gasteiger partial charge < -0.3 is 10.5 Å². The largest absolute Gasteiger partial charge is 0.490 e. The Morgan fingerprint density at radius 1 is 1.59 bits per heavy atom. The van der Waals surface area contributed by atoms with Gasteiger partial charge in [-0.15, -0.1) is 0 Å². The molecule has 17 heavy (non-hydrogen) atoms. The number of rotatable bonds is 5. The van der Waals surface area contributed by atoms with Crippen LogP contribution in [0.15, 0.2) is 18.2 Å². The number of halogens is 1. The fraction of sp³-hybridized carbons (Fsp3) is 0.273. The molecule has 0 bridgehead atoms. The highest BCUT2D eigenvalue weighted by Gasteiger charge is 2.17. The summed E-state index contributed by atoms with van der Waals surface area (Å²) in [6, 6.07) is 2.82. The number of ether oxygens (including phenoxy) is 1. The van der Waals surface area contributed by atoms with Crippen molar-refractivity contribution in [3.05, 3.63) is 38.9 Å². The summed E-state index contributed by atoms with van der Waals surface area (Å²) in [4.78, 5) is 10.3. The van der Waals surface area contributed by atoms with Crippen molar-refractivity contribution in [2.75, 3.05) is 13.7 Å². The Bertz CT molecular complexity index is 447. The van der Waals surface area contributed by atoms with E-state index in [1.54, 1.807) is 6.08 Å². The summed E-state index contributed by atoms with van der Waals surface area (Å²) in [6.07, 6.45) is 4.22. The molecule has 6 heteroatoms. The summed E-state index contributed by atoms with van der Waals surface area (Å²) < 4.78 is 4.90. The molecule has 1 rings (SSSR count). The van der Waals surface area contributed by atoms with Crippen LogP contribution in [0.4, 0.5) is 5.69 Å². The first-order chi connectivity index (χ1) is 8.10. The van der Waals surface area contributed by atoms with Crippen LogP contribution in [-0.4, -0.2) is 18.6 Å². The van der Waals surface area contributed by atoms with Gasteiger partial charge in [0.1, 0.15) is 0 Å². The van der Waals surface area contributed by atoms with Crippen LogP contribution in [0.25, 0.3) is 6.08 Å². The molecule has 2 N–H and O–H groups in total. The molecule has 0 radical (unpaired) electrons. The maximum absolute atomic E-state index is 10.8. The molecule has 1 aromatic carbocycles. The summed E-state index contributed by atoms with van der Waals surface area (Å²) in [5.41, 5.74) is 5.81. The molecule has 0 amide bonds. The van der Waals surface area contributed by atoms with Gasteiger partial charge in [0.2, 0.25) is 0 Å². The van der Waals surface area contributed by atoms with Gasteiger partial charge in [-0.1, -0.05) is 23.8 Å². The van der Waals surface area contributed by atoms with Crippen LogP contribution < -0.4 is 10.5 Å². The molecule has 0 aromatic heterocycles. The molecule has 0 aliphatic heterocycles. The van der Waals surface area contributed by atoms with Crippen molar-refractivity contribution in [3.63, 3.8) is 0 Å². The Morgan fingerprint density at radius 2 is 2.29 bits per heavy atom. The lowest BCUT2D eigenvalue weighted by Gasteiger charge is -2.04. The summed E-state index contributed by atoms with van der Waals surface area (Å²) in [5.74, 6) is 0.149. The van der Waals surface area contributed by atoms with Crippen LogP contribution in [0.2, 0.25) is 5.02 Å². The molecular weight excluding hydrogens is 244 g/mol. The predicted molar refractivity (Wildman–Crippen MR) is 67.4 cm³/mol. The van der Waals surface area contributed by atoms with Gasteiger partial charge in [-0.05, 0) is 18.5 Å². The molecule has 0 saturated heterocycles. The van der Waals surface area contributed by atoms with Crippen molar-refractivity contribution in [1.82, 2.24) is 0 Å². The maximum atomic E-state index is 10.8. The number of methoxy groups -OCH3 is 1. The summed E-state index contributed by atoms with van der Waals surface area (Å²) in [6.45, 7) is 0.520. The highest BCUT2D eigenvalue weighted by atomic mass is 35.5. The SMILES string of the molecule is COc1cc(Cl)c(C=CCCN)cc1[N+](=O)[O-]. The van der Waals surface area contributed by atoms with E-state index in [4.69, 9.17) is 22.1 Å². The van der Waals surface area contributed by atoms with Crippen LogP contribution in [-0.2, 0) is 0 Å². The van der Waals surface area contributed by atoms with Crippen molar-refractivity contribution < 1.29 is 9.66 Å². The quantitative estimate of drug-likeness (QED) is 0.649. The van der Waals surface area contributed by atoms with Crippen molar-refractivity contribution >= 4 is 23.4 Å². The number of hydrogen-bond acceptors (Lipinski definition) is 4. The Labute approximate surface area is 104 Å². The van der Waals surface area contributed by atoms with Crippen molar-refractivity contribution in [1.29, 1.82) is 0 Å². The molecule has 92 valence electrons. The Kier molecular flexibility index (Phi) is 4.93. The molecule has 0 heterocycles. The molecule has 1 aromatic rings. The van der Waals surface area contributed by atoms with Gasteiger partial charge in [0.25, 0.3) is 0 Å². The molecule has 0 saturated carbocycles. The van der Waals surface area contributed by atoms with Gasteiger partial charge in [-0.3, -0.25) is 10.1 Å². The van der Waals surface area contributed by atoms with Crippen LogP contribution in [0.5, 0.6) is 5.75 Å². The van der Waals surface area contributed by atoms with E-state index >= 15 is 0 Å². The van der Waals surface area contributed by atoms with Crippen LogP contribution in [0.1, 0.15) is 12.0 Å². The third-order valence-electron chi connectivity index (χ3n) is 2.13. The molecule has 0 atom stereocenters. The lowest BCUT2D eigenvalue weighted by Crippen LogP contribution is -1.96. The second kappa shape index (κ2) is 6.22. The smallest absolute Gasteiger partial charge is 0.311 e. The molecule has 0 aliphatic carbocycles. The first-order valence-electron chi connectivity index (χ1n) is 4.98. The number of nitro benzene ring substituents is 1. The molecule has 0 fully saturated rings. The van der Waals surface area contributed by atoms with Gasteiger partial charge in [-0.2, -0.15) is 0 Å². The number of nitro groups is 1. The first-order valence-corrected chi connectivity index (χ1v) is 5.36. The lowest BCUT2D eigenvalue weighted by atomic mass is 10.1. The van der Waals surface area contributed by atoms with E-state index in [-0.39, 0.29) is 11.4 Å². The summed E-state index contributed by atoms with van der Waals surface area (Å²) >= 11 is 5.98. The van der Waals surface area contributed by atoms with Gasteiger partial charge in [-0.25, -0.2) is 0 Å². The number of hydrogen-bond donors (Lipinski definition) is 1. The van der Waals surface area contributed by atoms with Crippen LogP contribution >= 0.6 is 11.6 Å². The lowest BCUT2D eigenvalue weighted by molar-refractivity contribution is -0.385. The molecule has 0 unspecified atom stereocenters. The fourth-order valence-electron chi connectivity index (χ4n) is 1.30. The van der Waals surface area contributed by atoms with Crippen LogP contribution in [0.3, 0.4) is 0 Å². The van der Waals surface area contributed by atoms with Gasteiger partial charge in [0, 0.05) is 12.1 Å². The average Bonchev–Trinajstić information content (AvgIpc) is 2.30. The topological polar surface area (TPSA) is 78.4 Å². The molecule has 0 aliphatic rings. The van der Waals surface area contributed by atoms with E-state index in [9.17, 15) is 10.1 Å². The zero-order valence-corrected chi connectivity index (χ0v) is 10.1. The monoisotopic (exact) mass is 256 g/mol. The number of benzene rings is 1. The minimum Gasteiger partial charge on any atom is -0.490 e. The van der Waals surface area contributed by atoms with E-state index in [2.05, 4.69) is 0 Å². The van der Waals surface area contributed by atoms with Crippen LogP contribution in [0, 0.1) is 10.1 Å². The number of nitrogens with two attached hydrogens (primary N) is 1. The second-order valence-electron chi connectivity index (χ2n) is 3.28. The van der Waals surface area contributed by atoms with Crippen molar-refractivity contribution in [2.45, 2.75) is 6.42 Å². The molecule has 5 nitrogen and oxygen atoms in total. The fourth-order valence-corrected chi connectivity index (χ4v) is 1.52. The zero-order valence-electron chi connectivity index (χ0n) is 9.35. The first kappa shape index (κ1) is 13.5. The van der Waals surface area contributed by atoms with Gasteiger partial charge in [0.15, 0.2) is 5.75 Å². The summed E-state index contributed by atoms with van der Waals surface area (Å²) in [5, 5.41) is 11.2. The zero-order chi connectivity index (χ0) is 12.8. The number of nitrogens with zero attached hydrogens (tertiary/aromatic N) is 1. The minimum absolute atomic E-state index is 0.107. The summed E-state index contributed by atoms with van der Waals surface area (Å²) in [7, 11) is 1.36. The average molecular weight is 257 g/mol. The van der Waals surface area contributed by atoms with E-state index < -0.39 is 4.92 Å². The standard InChI is InChI=1S/C11H13ClN2O3/c1-17-11-7-9(12)8(4-2-3-5-13)6-10(11)14(15)16/h2,4,6-7H,3,5,13H2,1H3. The van der Waals surface area contributed by atoms with E-state index in [0.29, 0.717) is 23.6 Å². The van der Waals surface area contributed by atoms with Crippen molar-refractivity contribution in [3.8, 4) is 5.75 Å². The Morgan fingerprint density at radius 3 is 2.82 bits per heavy atom. The van der Waals surface area contributed by atoms with Gasteiger partial charge in [0.05, 0.1) is 17.1 Å². The van der Waals surface area contributed by atoms with E-state index in [0.717, 1.165) is 0 Å². The highest BCUT2D eigenvalue weighted by Crippen LogP contribution is 2.33. The normalized spacial score (nSPS) is 10.8. The predicted octanol–water partition coefficient (Wildman–Crippen LogP) is 2.62. The van der Waals surface area contributed by atoms with Crippen molar-refractivity contribution in [2.24, 2.45) is 5.73 Å². The highest BCUT2D eigenvalue weighted by molar-refractivity contribution is 6.32. The Balaban J connectivity index is 3.15. The third kappa shape index (κ3) is 3.44. The Hall–Kier alpha value is -1.59. The third-order valence-corrected chi connectivity index (χ3v) is 2.45. The molecule has 0 spiro atoms. The maximum Gasteiger partial charge on any atom is 0.311 e. The minimum atomic E-state index is -0.505. The van der Waals surface area contributed by atoms with E-state index in [1.165, 1.54) is 19.2 Å². The second-order valence-corrected chi connectivity index (χ2v) is 3.69. The molecular formula is C11H13ClN2O3. The van der Waals surface area contributed by atoms with E-state index in [1.807, 2.05) is 6.08 Å².